The maximum Gasteiger partial charge on any atom is 0.334 e. The Kier molecular flexibility index (Phi) is 7.23. The van der Waals surface area contributed by atoms with Crippen molar-refractivity contribution in [1.82, 2.24) is 0 Å². The van der Waals surface area contributed by atoms with Crippen molar-refractivity contribution in [2.75, 3.05) is 12.4 Å². The van der Waals surface area contributed by atoms with Gasteiger partial charge in [-0.2, -0.15) is 0 Å². The number of carboxylic acids is 1. The minimum Gasteiger partial charge on any atom is -0.491 e. The van der Waals surface area contributed by atoms with Crippen LogP contribution in [-0.2, 0) is 21.7 Å². The third kappa shape index (κ3) is 5.06. The van der Waals surface area contributed by atoms with Crippen LogP contribution in [0.3, 0.4) is 0 Å². The molecule has 1 unspecified atom stereocenters. The monoisotopic (exact) mass is 399 g/mol. The maximum absolute atomic E-state index is 12.4. The minimum absolute atomic E-state index is 0.00947. The number of carboxylic acid groups (broad SMARTS) is 1. The Balaban J connectivity index is 2.49. The Hall–Kier alpha value is -3.06. The molecule has 156 valence electrons. The number of nitrogen functional groups attached to an aromatic ring is 1. The van der Waals surface area contributed by atoms with Crippen LogP contribution >= 0.6 is 0 Å². The number of carbonyl (C=O) groups is 1. The van der Waals surface area contributed by atoms with E-state index in [1.165, 1.54) is 0 Å². The van der Waals surface area contributed by atoms with Gasteiger partial charge in [0, 0.05) is 23.9 Å². The summed E-state index contributed by atoms with van der Waals surface area (Å²) in [6.45, 7) is 6.00. The lowest BCUT2D eigenvalue weighted by molar-refractivity contribution is -0.142. The molecule has 0 aliphatic heterocycles. The molecule has 29 heavy (non-hydrogen) atoms. The number of ether oxygens (including phenoxy) is 2. The van der Waals surface area contributed by atoms with Crippen LogP contribution in [0.4, 0.5) is 5.69 Å². The Morgan fingerprint density at radius 2 is 1.90 bits per heavy atom. The maximum atomic E-state index is 12.4. The average molecular weight is 399 g/mol. The lowest BCUT2D eigenvalue weighted by atomic mass is 9.85. The number of hydrogen-bond acceptors (Lipinski definition) is 5. The number of anilines is 1. The van der Waals surface area contributed by atoms with Gasteiger partial charge in [0.15, 0.2) is 5.54 Å². The molecule has 0 aliphatic carbocycles. The summed E-state index contributed by atoms with van der Waals surface area (Å²) in [5, 5.41) is 20.8. The highest BCUT2D eigenvalue weighted by Gasteiger charge is 2.39. The first-order chi connectivity index (χ1) is 13.7. The zero-order valence-corrected chi connectivity index (χ0v) is 17.3. The van der Waals surface area contributed by atoms with Gasteiger partial charge in [0.25, 0.3) is 0 Å². The summed E-state index contributed by atoms with van der Waals surface area (Å²) >= 11 is 0. The highest BCUT2D eigenvalue weighted by molar-refractivity contribution is 5.95. The predicted molar refractivity (Wildman–Crippen MR) is 114 cm³/mol. The van der Waals surface area contributed by atoms with E-state index >= 15 is 0 Å². The second-order valence-corrected chi connectivity index (χ2v) is 7.10. The molecule has 2 rings (SSSR count). The van der Waals surface area contributed by atoms with Gasteiger partial charge in [-0.05, 0) is 62.2 Å². The van der Waals surface area contributed by atoms with Gasteiger partial charge in [0.2, 0.25) is 0 Å². The fourth-order valence-corrected chi connectivity index (χ4v) is 3.15. The second kappa shape index (κ2) is 9.43. The van der Waals surface area contributed by atoms with Crippen LogP contribution in [0.5, 0.6) is 5.75 Å². The van der Waals surface area contributed by atoms with E-state index in [1.54, 1.807) is 43.5 Å². The second-order valence-electron chi connectivity index (χ2n) is 7.10. The topological polar surface area (TPSA) is 118 Å². The van der Waals surface area contributed by atoms with Crippen LogP contribution in [0.15, 0.2) is 42.5 Å². The molecule has 0 amide bonds. The molecule has 0 saturated heterocycles. The first kappa shape index (κ1) is 22.2. The number of hydrogen-bond donors (Lipinski definition) is 4. The van der Waals surface area contributed by atoms with E-state index in [0.717, 1.165) is 5.56 Å². The number of amidine groups is 1. The fourth-order valence-electron chi connectivity index (χ4n) is 3.15. The molecular weight excluding hydrogens is 370 g/mol. The van der Waals surface area contributed by atoms with Crippen LogP contribution in [0, 0.1) is 5.41 Å². The van der Waals surface area contributed by atoms with E-state index in [-0.39, 0.29) is 11.9 Å². The summed E-state index contributed by atoms with van der Waals surface area (Å²) in [5.41, 5.74) is 6.74. The third-order valence-corrected chi connectivity index (χ3v) is 4.66. The summed E-state index contributed by atoms with van der Waals surface area (Å²) in [6.07, 6.45) is 0.304. The van der Waals surface area contributed by atoms with Gasteiger partial charge in [0.1, 0.15) is 11.6 Å². The lowest BCUT2D eigenvalue weighted by Crippen LogP contribution is -2.43. The van der Waals surface area contributed by atoms with Crippen molar-refractivity contribution in [3.8, 4) is 5.75 Å². The Morgan fingerprint density at radius 3 is 2.38 bits per heavy atom. The molecule has 7 heteroatoms. The van der Waals surface area contributed by atoms with Crippen LogP contribution < -0.4 is 15.8 Å². The third-order valence-electron chi connectivity index (χ3n) is 4.66. The molecule has 0 spiro atoms. The molecule has 0 heterocycles. The Labute approximate surface area is 171 Å². The van der Waals surface area contributed by atoms with Gasteiger partial charge in [-0.15, -0.1) is 0 Å². The average Bonchev–Trinajstić information content (AvgIpc) is 2.67. The van der Waals surface area contributed by atoms with Crippen LogP contribution in [0.2, 0.25) is 0 Å². The van der Waals surface area contributed by atoms with Crippen molar-refractivity contribution in [3.05, 3.63) is 59.2 Å². The first-order valence-corrected chi connectivity index (χ1v) is 9.48. The molecule has 0 aliphatic rings. The van der Waals surface area contributed by atoms with Crippen molar-refractivity contribution in [2.24, 2.45) is 5.73 Å². The van der Waals surface area contributed by atoms with Gasteiger partial charge in [-0.25, -0.2) is 4.79 Å². The zero-order valence-electron chi connectivity index (χ0n) is 17.3. The number of aliphatic carboxylic acids is 1. The smallest absolute Gasteiger partial charge is 0.334 e. The summed E-state index contributed by atoms with van der Waals surface area (Å²) in [6, 6.07) is 12.2. The minimum atomic E-state index is -1.34. The predicted octanol–water partition coefficient (Wildman–Crippen LogP) is 3.71. The molecule has 0 saturated carbocycles. The number of rotatable bonds is 10. The van der Waals surface area contributed by atoms with Crippen LogP contribution in [0.25, 0.3) is 0 Å². The standard InChI is InChI=1S/C22H29N3O4/c1-5-22(21(26)27,25-18-9-6-15(7-10-18)20(23)24)17-8-11-19(29-14(2)3)16(12-17)13-28-4/h6-12,14,25H,5,13H2,1-4H3,(H3,23,24)(H,26,27). The lowest BCUT2D eigenvalue weighted by Gasteiger charge is -2.32. The van der Waals surface area contributed by atoms with Gasteiger partial charge in [-0.3, -0.25) is 5.41 Å². The van der Waals surface area contributed by atoms with Gasteiger partial charge >= 0.3 is 5.97 Å². The molecule has 0 aromatic heterocycles. The summed E-state index contributed by atoms with van der Waals surface area (Å²) in [7, 11) is 1.59. The van der Waals surface area contributed by atoms with E-state index in [1.807, 2.05) is 26.8 Å². The van der Waals surface area contributed by atoms with Crippen LogP contribution in [0.1, 0.15) is 43.9 Å². The quantitative estimate of drug-likeness (QED) is 0.357. The number of nitrogens with two attached hydrogens (primary N) is 1. The molecule has 1 atom stereocenters. The van der Waals surface area contributed by atoms with Crippen molar-refractivity contribution >= 4 is 17.5 Å². The highest BCUT2D eigenvalue weighted by atomic mass is 16.5. The molecule has 7 nitrogen and oxygen atoms in total. The Morgan fingerprint density at radius 1 is 1.24 bits per heavy atom. The van der Waals surface area contributed by atoms with Gasteiger partial charge < -0.3 is 25.6 Å². The summed E-state index contributed by atoms with van der Waals surface area (Å²) < 4.78 is 11.1. The summed E-state index contributed by atoms with van der Waals surface area (Å²) in [5.74, 6) is -0.357. The van der Waals surface area contributed by atoms with Crippen molar-refractivity contribution in [1.29, 1.82) is 5.41 Å². The highest BCUT2D eigenvalue weighted by Crippen LogP contribution is 2.34. The Bertz CT molecular complexity index is 865. The molecule has 2 aromatic carbocycles. The SMILES string of the molecule is CCC(Nc1ccc(C(=N)N)cc1)(C(=O)O)c1ccc(OC(C)C)c(COC)c1. The van der Waals surface area contributed by atoms with E-state index in [4.69, 9.17) is 20.6 Å². The van der Waals surface area contributed by atoms with Crippen molar-refractivity contribution in [2.45, 2.75) is 45.4 Å². The molecule has 0 fully saturated rings. The van der Waals surface area contributed by atoms with Crippen molar-refractivity contribution < 1.29 is 19.4 Å². The van der Waals surface area contributed by atoms with Gasteiger partial charge in [-0.1, -0.05) is 13.0 Å². The number of benzene rings is 2. The van der Waals surface area contributed by atoms with E-state index in [9.17, 15) is 9.90 Å². The normalized spacial score (nSPS) is 13.0. The fraction of sp³-hybridized carbons (Fsp3) is 0.364. The molecular formula is C22H29N3O4. The number of methoxy groups -OCH3 is 1. The molecule has 0 radical (unpaired) electrons. The van der Waals surface area contributed by atoms with E-state index in [0.29, 0.717) is 35.6 Å². The molecule has 2 aromatic rings. The van der Waals surface area contributed by atoms with E-state index < -0.39 is 11.5 Å². The van der Waals surface area contributed by atoms with Gasteiger partial charge in [0.05, 0.1) is 12.7 Å². The van der Waals surface area contributed by atoms with Crippen LogP contribution in [-0.4, -0.2) is 30.1 Å². The number of nitrogens with one attached hydrogen (secondary N) is 2. The first-order valence-electron chi connectivity index (χ1n) is 9.48. The molecule has 5 N–H and O–H groups in total. The molecule has 0 bridgehead atoms. The summed E-state index contributed by atoms with van der Waals surface area (Å²) in [4.78, 5) is 12.4. The largest absolute Gasteiger partial charge is 0.491 e. The van der Waals surface area contributed by atoms with Crippen molar-refractivity contribution in [3.63, 3.8) is 0 Å². The van der Waals surface area contributed by atoms with E-state index in [2.05, 4.69) is 5.32 Å². The zero-order chi connectivity index (χ0) is 21.6.